The van der Waals surface area contributed by atoms with Crippen LogP contribution in [0.3, 0.4) is 0 Å². The maximum absolute atomic E-state index is 10.7. The van der Waals surface area contributed by atoms with Gasteiger partial charge in [-0.3, -0.25) is 0 Å². The van der Waals surface area contributed by atoms with Crippen LogP contribution >= 0.6 is 0 Å². The SMILES string of the molecule is CC(C)(C)[Si](OC[C@@H](O)CC#CCOCc1ccccc1)(c1ccccc1)c1ccccc1. The Bertz CT molecular complexity index is 979. The summed E-state index contributed by atoms with van der Waals surface area (Å²) in [5, 5.41) is 13.0. The van der Waals surface area contributed by atoms with Crippen molar-refractivity contribution in [2.24, 2.45) is 0 Å². The van der Waals surface area contributed by atoms with Gasteiger partial charge in [0.15, 0.2) is 0 Å². The molecule has 0 bridgehead atoms. The third-order valence-corrected chi connectivity index (χ3v) is 10.7. The van der Waals surface area contributed by atoms with E-state index >= 15 is 0 Å². The lowest BCUT2D eigenvalue weighted by atomic mass is 10.2. The summed E-state index contributed by atoms with van der Waals surface area (Å²) < 4.78 is 12.4. The molecule has 3 aromatic rings. The summed E-state index contributed by atoms with van der Waals surface area (Å²) in [5.74, 6) is 6.04. The second-order valence-corrected chi connectivity index (χ2v) is 13.5. The first-order valence-corrected chi connectivity index (χ1v) is 13.3. The van der Waals surface area contributed by atoms with Gasteiger partial charge in [0.05, 0.1) is 19.3 Å². The molecule has 0 saturated carbocycles. The number of hydrogen-bond acceptors (Lipinski definition) is 3. The number of hydrogen-bond donors (Lipinski definition) is 1. The molecule has 3 aromatic carbocycles. The van der Waals surface area contributed by atoms with Crippen molar-refractivity contribution in [3.63, 3.8) is 0 Å². The van der Waals surface area contributed by atoms with E-state index in [9.17, 15) is 5.11 Å². The van der Waals surface area contributed by atoms with Gasteiger partial charge in [-0.1, -0.05) is 124 Å². The zero-order chi connectivity index (χ0) is 23.6. The first kappa shape index (κ1) is 24.9. The third-order valence-electron chi connectivity index (χ3n) is 5.66. The highest BCUT2D eigenvalue weighted by molar-refractivity contribution is 6.99. The molecular weight excluding hydrogens is 424 g/mol. The Kier molecular flexibility index (Phi) is 9.05. The molecule has 4 heteroatoms. The molecule has 172 valence electrons. The molecule has 0 aliphatic carbocycles. The molecule has 0 radical (unpaired) electrons. The molecule has 0 aliphatic rings. The summed E-state index contributed by atoms with van der Waals surface area (Å²) in [4.78, 5) is 0. The quantitative estimate of drug-likeness (QED) is 0.291. The summed E-state index contributed by atoms with van der Waals surface area (Å²) in [6.07, 6.45) is -0.305. The number of benzene rings is 3. The molecule has 0 fully saturated rings. The molecule has 0 saturated heterocycles. The molecule has 0 spiro atoms. The fourth-order valence-electron chi connectivity index (χ4n) is 4.08. The first-order valence-electron chi connectivity index (χ1n) is 11.4. The molecule has 0 unspecified atom stereocenters. The van der Waals surface area contributed by atoms with Gasteiger partial charge in [-0.15, -0.1) is 0 Å². The average molecular weight is 459 g/mol. The zero-order valence-corrected chi connectivity index (χ0v) is 20.8. The van der Waals surface area contributed by atoms with Crippen molar-refractivity contribution in [2.75, 3.05) is 13.2 Å². The second kappa shape index (κ2) is 12.0. The van der Waals surface area contributed by atoms with Crippen molar-refractivity contribution < 1.29 is 14.3 Å². The molecule has 1 N–H and O–H groups in total. The fraction of sp³-hybridized carbons (Fsp3) is 0.310. The van der Waals surface area contributed by atoms with E-state index in [1.165, 1.54) is 10.4 Å². The standard InChI is InChI=1S/C29H34O3Si/c1-29(2,3)33(27-18-9-5-10-19-27,28-20-11-6-12-21-28)32-24-26(30)17-13-14-22-31-23-25-15-7-4-8-16-25/h4-12,15-16,18-21,26,30H,17,22-24H2,1-3H3/t26-/m0/s1. The smallest absolute Gasteiger partial charge is 0.261 e. The van der Waals surface area contributed by atoms with Crippen LogP contribution in [0, 0.1) is 11.8 Å². The average Bonchev–Trinajstić information content (AvgIpc) is 2.83. The second-order valence-electron chi connectivity index (χ2n) is 9.16. The van der Waals surface area contributed by atoms with Crippen molar-refractivity contribution in [3.05, 3.63) is 96.6 Å². The summed E-state index contributed by atoms with van der Waals surface area (Å²) in [6.45, 7) is 7.82. The van der Waals surface area contributed by atoms with Crippen LogP contribution in [0.5, 0.6) is 0 Å². The predicted octanol–water partition coefficient (Wildman–Crippen LogP) is 4.53. The monoisotopic (exact) mass is 458 g/mol. The fourth-order valence-corrected chi connectivity index (χ4v) is 8.67. The van der Waals surface area contributed by atoms with Gasteiger partial charge < -0.3 is 14.3 Å². The molecule has 0 heterocycles. The maximum atomic E-state index is 10.7. The molecule has 1 atom stereocenters. The summed E-state index contributed by atoms with van der Waals surface area (Å²) >= 11 is 0. The van der Waals surface area contributed by atoms with Gasteiger partial charge in [0, 0.05) is 6.42 Å². The first-order chi connectivity index (χ1) is 15.9. The van der Waals surface area contributed by atoms with Crippen LogP contribution < -0.4 is 10.4 Å². The van der Waals surface area contributed by atoms with Crippen LogP contribution in [0.15, 0.2) is 91.0 Å². The van der Waals surface area contributed by atoms with Gasteiger partial charge >= 0.3 is 0 Å². The highest BCUT2D eigenvalue weighted by Crippen LogP contribution is 2.36. The lowest BCUT2D eigenvalue weighted by Crippen LogP contribution is -2.67. The Labute approximate surface area is 199 Å². The lowest BCUT2D eigenvalue weighted by molar-refractivity contribution is 0.106. The highest BCUT2D eigenvalue weighted by Gasteiger charge is 2.50. The minimum atomic E-state index is -2.64. The summed E-state index contributed by atoms with van der Waals surface area (Å²) in [6, 6.07) is 30.9. The molecule has 33 heavy (non-hydrogen) atoms. The van der Waals surface area contributed by atoms with Gasteiger partial charge in [0.1, 0.15) is 6.61 Å². The Hall–Kier alpha value is -2.68. The van der Waals surface area contributed by atoms with Crippen molar-refractivity contribution in [1.29, 1.82) is 0 Å². The van der Waals surface area contributed by atoms with Gasteiger partial charge in [-0.2, -0.15) is 0 Å². The predicted molar refractivity (Wildman–Crippen MR) is 138 cm³/mol. The van der Waals surface area contributed by atoms with E-state index in [2.05, 4.69) is 81.1 Å². The largest absolute Gasteiger partial charge is 0.405 e. The molecule has 3 nitrogen and oxygen atoms in total. The van der Waals surface area contributed by atoms with E-state index in [1.807, 2.05) is 42.5 Å². The molecule has 3 rings (SSSR count). The van der Waals surface area contributed by atoms with E-state index in [1.54, 1.807) is 0 Å². The van der Waals surface area contributed by atoms with Crippen molar-refractivity contribution in [1.82, 2.24) is 0 Å². The van der Waals surface area contributed by atoms with E-state index in [-0.39, 0.29) is 11.6 Å². The van der Waals surface area contributed by atoms with Crippen LogP contribution in [0.4, 0.5) is 0 Å². The number of ether oxygens (including phenoxy) is 1. The van der Waals surface area contributed by atoms with Gasteiger partial charge in [0.2, 0.25) is 0 Å². The third kappa shape index (κ3) is 6.66. The van der Waals surface area contributed by atoms with Crippen LogP contribution in [0.25, 0.3) is 0 Å². The van der Waals surface area contributed by atoms with Crippen LogP contribution in [-0.2, 0) is 15.8 Å². The summed E-state index contributed by atoms with van der Waals surface area (Å²) in [5.41, 5.74) is 1.12. The van der Waals surface area contributed by atoms with Crippen molar-refractivity contribution >= 4 is 18.7 Å². The Morgan fingerprint density at radius 3 is 1.82 bits per heavy atom. The van der Waals surface area contributed by atoms with Gasteiger partial charge in [-0.05, 0) is 21.0 Å². The normalized spacial score (nSPS) is 12.6. The Balaban J connectivity index is 1.65. The van der Waals surface area contributed by atoms with E-state index < -0.39 is 14.4 Å². The van der Waals surface area contributed by atoms with Crippen LogP contribution in [-0.4, -0.2) is 32.7 Å². The zero-order valence-electron chi connectivity index (χ0n) is 19.8. The van der Waals surface area contributed by atoms with E-state index in [0.717, 1.165) is 5.56 Å². The topological polar surface area (TPSA) is 38.7 Å². The Morgan fingerprint density at radius 2 is 1.30 bits per heavy atom. The van der Waals surface area contributed by atoms with E-state index in [0.29, 0.717) is 19.6 Å². The Morgan fingerprint density at radius 1 is 0.788 bits per heavy atom. The molecule has 0 aromatic heterocycles. The highest BCUT2D eigenvalue weighted by atomic mass is 28.4. The summed E-state index contributed by atoms with van der Waals surface area (Å²) in [7, 11) is -2.64. The van der Waals surface area contributed by atoms with Gasteiger partial charge in [-0.25, -0.2) is 0 Å². The van der Waals surface area contributed by atoms with Crippen LogP contribution in [0.2, 0.25) is 5.04 Å². The van der Waals surface area contributed by atoms with Gasteiger partial charge in [0.25, 0.3) is 8.32 Å². The minimum absolute atomic E-state index is 0.119. The number of aliphatic hydroxyl groups is 1. The lowest BCUT2D eigenvalue weighted by Gasteiger charge is -2.43. The van der Waals surface area contributed by atoms with Crippen molar-refractivity contribution in [2.45, 2.75) is 44.9 Å². The maximum Gasteiger partial charge on any atom is 0.261 e. The molecule has 0 aliphatic heterocycles. The number of aliphatic hydroxyl groups excluding tert-OH is 1. The number of rotatable bonds is 9. The van der Waals surface area contributed by atoms with E-state index in [4.69, 9.17) is 9.16 Å². The minimum Gasteiger partial charge on any atom is -0.405 e. The molecule has 0 amide bonds. The molecular formula is C29H34O3Si. The van der Waals surface area contributed by atoms with Crippen LogP contribution in [0.1, 0.15) is 32.8 Å². The van der Waals surface area contributed by atoms with Crippen molar-refractivity contribution in [3.8, 4) is 11.8 Å².